The molecule has 1 aliphatic rings. The van der Waals surface area contributed by atoms with Gasteiger partial charge in [0.25, 0.3) is 0 Å². The van der Waals surface area contributed by atoms with E-state index < -0.39 is 0 Å². The van der Waals surface area contributed by atoms with Crippen molar-refractivity contribution in [2.45, 2.75) is 45.3 Å². The maximum atomic E-state index is 11.4. The number of piperidine rings is 1. The molecule has 5 nitrogen and oxygen atoms in total. The van der Waals surface area contributed by atoms with E-state index in [1.54, 1.807) is 0 Å². The van der Waals surface area contributed by atoms with Crippen molar-refractivity contribution in [3.63, 3.8) is 0 Å². The Morgan fingerprint density at radius 1 is 1.33 bits per heavy atom. The van der Waals surface area contributed by atoms with E-state index in [2.05, 4.69) is 10.6 Å². The Kier molecular flexibility index (Phi) is 5.60. The summed E-state index contributed by atoms with van der Waals surface area (Å²) in [7, 11) is 0. The van der Waals surface area contributed by atoms with Gasteiger partial charge in [-0.05, 0) is 46.7 Å². The summed E-state index contributed by atoms with van der Waals surface area (Å²) in [5, 5.41) is 6.01. The first-order valence-electron chi connectivity index (χ1n) is 5.17. The van der Waals surface area contributed by atoms with Crippen molar-refractivity contribution in [3.05, 3.63) is 0 Å². The lowest BCUT2D eigenvalue weighted by Gasteiger charge is -2.26. The van der Waals surface area contributed by atoms with Crippen LogP contribution in [0, 0.1) is 0 Å². The van der Waals surface area contributed by atoms with E-state index in [-0.39, 0.29) is 23.9 Å². The minimum absolute atomic E-state index is 0. The van der Waals surface area contributed by atoms with Gasteiger partial charge < -0.3 is 21.5 Å². The molecule has 0 radical (unpaired) electrons. The summed E-state index contributed by atoms with van der Waals surface area (Å²) >= 11 is 0. The van der Waals surface area contributed by atoms with Crippen LogP contribution >= 0.6 is 0 Å². The maximum absolute atomic E-state index is 11.4. The average Bonchev–Trinajstić information content (AvgIpc) is 2.02. The Morgan fingerprint density at radius 3 is 2.33 bits per heavy atom. The molecule has 1 fully saturated rings. The zero-order valence-corrected chi connectivity index (χ0v) is 9.93. The highest BCUT2D eigenvalue weighted by Gasteiger charge is 2.20. The fraction of sp³-hybridized carbons (Fsp3) is 0.900. The largest absolute Gasteiger partial charge is 0.446 e. The van der Waals surface area contributed by atoms with E-state index in [0.29, 0.717) is 0 Å². The minimum atomic E-state index is -0.301. The second-order valence-electron chi connectivity index (χ2n) is 4.73. The molecule has 0 atom stereocenters. The van der Waals surface area contributed by atoms with Crippen molar-refractivity contribution in [2.75, 3.05) is 13.1 Å². The topological polar surface area (TPSA) is 85.4 Å². The van der Waals surface area contributed by atoms with E-state index in [1.807, 2.05) is 20.8 Å². The van der Waals surface area contributed by atoms with Gasteiger partial charge in [-0.2, -0.15) is 0 Å². The predicted octanol–water partition coefficient (Wildman–Crippen LogP) is 1.43. The van der Waals surface area contributed by atoms with Crippen molar-refractivity contribution < 1.29 is 9.53 Å². The molecular formula is C10H23N3O2. The van der Waals surface area contributed by atoms with Gasteiger partial charge in [-0.3, -0.25) is 0 Å². The molecule has 5 heteroatoms. The van der Waals surface area contributed by atoms with E-state index in [9.17, 15) is 4.79 Å². The molecule has 15 heavy (non-hydrogen) atoms. The number of ether oxygens (including phenoxy) is 1. The zero-order valence-electron chi connectivity index (χ0n) is 9.93. The maximum Gasteiger partial charge on any atom is 0.407 e. The quantitative estimate of drug-likeness (QED) is 0.620. The van der Waals surface area contributed by atoms with Crippen molar-refractivity contribution in [2.24, 2.45) is 0 Å². The average molecular weight is 217 g/mol. The van der Waals surface area contributed by atoms with E-state index in [0.717, 1.165) is 25.9 Å². The van der Waals surface area contributed by atoms with Gasteiger partial charge >= 0.3 is 6.09 Å². The van der Waals surface area contributed by atoms with Gasteiger partial charge in [-0.25, -0.2) is 4.79 Å². The lowest BCUT2D eigenvalue weighted by Crippen LogP contribution is -2.43. The number of hydrogen-bond donors (Lipinski definition) is 3. The number of amides is 1. The van der Waals surface area contributed by atoms with E-state index >= 15 is 0 Å². The van der Waals surface area contributed by atoms with Crippen molar-refractivity contribution in [3.8, 4) is 0 Å². The van der Waals surface area contributed by atoms with Gasteiger partial charge in [-0.15, -0.1) is 0 Å². The fourth-order valence-corrected chi connectivity index (χ4v) is 1.40. The van der Waals surface area contributed by atoms with Crippen molar-refractivity contribution >= 4 is 6.09 Å². The lowest BCUT2D eigenvalue weighted by molar-refractivity contribution is 0.0741. The van der Waals surface area contributed by atoms with E-state index in [1.165, 1.54) is 0 Å². The molecule has 1 aliphatic heterocycles. The van der Waals surface area contributed by atoms with Crippen LogP contribution in [0.1, 0.15) is 33.6 Å². The molecule has 5 N–H and O–H groups in total. The normalized spacial score (nSPS) is 17.8. The molecule has 90 valence electrons. The summed E-state index contributed by atoms with van der Waals surface area (Å²) in [6, 6.07) is 0. The smallest absolute Gasteiger partial charge is 0.407 e. The summed E-state index contributed by atoms with van der Waals surface area (Å²) in [5.74, 6) is 0. The van der Waals surface area contributed by atoms with Crippen LogP contribution in [-0.4, -0.2) is 30.8 Å². The zero-order chi connectivity index (χ0) is 10.6. The van der Waals surface area contributed by atoms with Crippen LogP contribution in [0.25, 0.3) is 0 Å². The Morgan fingerprint density at radius 2 is 1.87 bits per heavy atom. The number of carbonyl (C=O) groups excluding carboxylic acids is 1. The van der Waals surface area contributed by atoms with Crippen LogP contribution in [0.5, 0.6) is 0 Å². The monoisotopic (exact) mass is 217 g/mol. The van der Waals surface area contributed by atoms with Crippen molar-refractivity contribution in [1.29, 1.82) is 0 Å². The summed E-state index contributed by atoms with van der Waals surface area (Å²) in [6.07, 6.45) is 1.61. The molecule has 0 aromatic rings. The highest BCUT2D eigenvalue weighted by Crippen LogP contribution is 2.08. The van der Waals surface area contributed by atoms with Gasteiger partial charge in [0.05, 0.1) is 0 Å². The number of rotatable bonds is 1. The second-order valence-corrected chi connectivity index (χ2v) is 4.73. The first-order chi connectivity index (χ1) is 6.47. The molecule has 0 bridgehead atoms. The van der Waals surface area contributed by atoms with Crippen LogP contribution in [0.4, 0.5) is 4.79 Å². The van der Waals surface area contributed by atoms with E-state index in [4.69, 9.17) is 4.74 Å². The molecule has 0 aromatic carbocycles. The molecule has 0 aliphatic carbocycles. The third-order valence-corrected chi connectivity index (χ3v) is 2.04. The third-order valence-electron chi connectivity index (χ3n) is 2.04. The van der Waals surface area contributed by atoms with Gasteiger partial charge in [0.15, 0.2) is 0 Å². The van der Waals surface area contributed by atoms with Gasteiger partial charge in [0, 0.05) is 5.54 Å². The minimum Gasteiger partial charge on any atom is -0.446 e. The Hall–Kier alpha value is -0.810. The molecule has 0 unspecified atom stereocenters. The first-order valence-corrected chi connectivity index (χ1v) is 5.17. The fourth-order valence-electron chi connectivity index (χ4n) is 1.40. The lowest BCUT2D eigenvalue weighted by atomic mass is 10.1. The molecule has 1 rings (SSSR count). The standard InChI is InChI=1S/C10H20N2O2.H3N/c1-10(2,3)12-9(13)14-8-4-6-11-7-5-8;/h8,11H,4-7H2,1-3H3,(H,12,13);1H3. The Bertz CT molecular complexity index is 195. The van der Waals surface area contributed by atoms with Gasteiger partial charge in [0.1, 0.15) is 6.10 Å². The summed E-state index contributed by atoms with van der Waals surface area (Å²) in [6.45, 7) is 7.70. The van der Waals surface area contributed by atoms with Crippen LogP contribution in [0.3, 0.4) is 0 Å². The predicted molar refractivity (Wildman–Crippen MR) is 60.3 cm³/mol. The number of hydrogen-bond acceptors (Lipinski definition) is 4. The van der Waals surface area contributed by atoms with Crippen LogP contribution < -0.4 is 16.8 Å². The molecular weight excluding hydrogens is 194 g/mol. The molecule has 1 amide bonds. The summed E-state index contributed by atoms with van der Waals surface area (Å²) < 4.78 is 5.28. The number of carbonyl (C=O) groups is 1. The molecule has 0 aromatic heterocycles. The molecule has 1 heterocycles. The Labute approximate surface area is 91.5 Å². The number of nitrogens with one attached hydrogen (secondary N) is 2. The Balaban J connectivity index is 0.00000196. The highest BCUT2D eigenvalue weighted by atomic mass is 16.6. The summed E-state index contributed by atoms with van der Waals surface area (Å²) in [5.41, 5.74) is -0.218. The number of alkyl carbamates (subject to hydrolysis) is 1. The second kappa shape index (κ2) is 5.92. The van der Waals surface area contributed by atoms with Crippen molar-refractivity contribution in [1.82, 2.24) is 16.8 Å². The third kappa shape index (κ3) is 6.30. The summed E-state index contributed by atoms with van der Waals surface area (Å²) in [4.78, 5) is 11.4. The van der Waals surface area contributed by atoms with Crippen LogP contribution in [-0.2, 0) is 4.74 Å². The molecule has 1 saturated heterocycles. The van der Waals surface area contributed by atoms with Crippen LogP contribution in [0.2, 0.25) is 0 Å². The highest BCUT2D eigenvalue weighted by molar-refractivity contribution is 5.68. The van der Waals surface area contributed by atoms with Gasteiger partial charge in [0.2, 0.25) is 0 Å². The molecule has 0 spiro atoms. The van der Waals surface area contributed by atoms with Crippen LogP contribution in [0.15, 0.2) is 0 Å². The van der Waals surface area contributed by atoms with Gasteiger partial charge in [-0.1, -0.05) is 0 Å². The SMILES string of the molecule is CC(C)(C)NC(=O)OC1CCNCC1.N. The molecule has 0 saturated carbocycles. The first kappa shape index (κ1) is 14.2.